The number of nitrogens with zero attached hydrogens (tertiary/aromatic N) is 2. The average molecular weight is 270 g/mol. The Morgan fingerprint density at radius 2 is 2.25 bits per heavy atom. The first-order chi connectivity index (χ1) is 9.72. The third kappa shape index (κ3) is 1.97. The second-order valence-electron chi connectivity index (χ2n) is 4.81. The van der Waals surface area contributed by atoms with Gasteiger partial charge in [-0.3, -0.25) is 9.36 Å². The van der Waals surface area contributed by atoms with E-state index in [0.29, 0.717) is 17.8 Å². The van der Waals surface area contributed by atoms with Gasteiger partial charge < -0.3 is 0 Å². The van der Waals surface area contributed by atoms with Crippen molar-refractivity contribution >= 4 is 10.9 Å². The number of fused-ring (bicyclic) bond motifs is 1. The zero-order chi connectivity index (χ0) is 14.1. The summed E-state index contributed by atoms with van der Waals surface area (Å²) in [5, 5.41) is 0.0765. The molecule has 0 amide bonds. The van der Waals surface area contributed by atoms with Crippen LogP contribution in [0.4, 0.5) is 4.39 Å². The van der Waals surface area contributed by atoms with Crippen molar-refractivity contribution in [3.8, 4) is 0 Å². The van der Waals surface area contributed by atoms with E-state index in [-0.39, 0.29) is 17.0 Å². The molecule has 2 aromatic rings. The molecule has 3 rings (SSSR count). The molecule has 0 saturated carbocycles. The fraction of sp³-hybridized carbons (Fsp3) is 0.250. The van der Waals surface area contributed by atoms with Crippen LogP contribution in [0.15, 0.2) is 47.3 Å². The molecule has 4 heteroatoms. The molecular formula is C16H15FN2O. The fourth-order valence-corrected chi connectivity index (χ4v) is 2.60. The Kier molecular flexibility index (Phi) is 3.22. The number of rotatable bonds is 2. The van der Waals surface area contributed by atoms with Crippen molar-refractivity contribution in [3.63, 3.8) is 0 Å². The minimum absolute atomic E-state index is 0.0765. The molecule has 3 nitrogen and oxygen atoms in total. The normalized spacial score (nSPS) is 17.8. The number of aromatic nitrogens is 2. The Labute approximate surface area is 116 Å². The van der Waals surface area contributed by atoms with Crippen LogP contribution in [0.25, 0.3) is 10.9 Å². The van der Waals surface area contributed by atoms with Crippen LogP contribution >= 0.6 is 0 Å². The highest BCUT2D eigenvalue weighted by Crippen LogP contribution is 2.20. The van der Waals surface area contributed by atoms with E-state index in [1.807, 2.05) is 31.2 Å². The van der Waals surface area contributed by atoms with Crippen LogP contribution in [0.1, 0.15) is 25.2 Å². The number of allylic oxidation sites excluding steroid dienone is 4. The van der Waals surface area contributed by atoms with Gasteiger partial charge in [0.2, 0.25) is 0 Å². The maximum absolute atomic E-state index is 13.9. The Hall–Kier alpha value is -2.23. The van der Waals surface area contributed by atoms with E-state index in [9.17, 15) is 9.18 Å². The van der Waals surface area contributed by atoms with Crippen LogP contribution in [-0.2, 0) is 6.42 Å². The molecule has 1 atom stereocenters. The standard InChI is InChI=1S/C16H15FN2O/c1-2-14-18-13-10-6-9-12(17)15(13)16(20)19(14)11-7-4-3-5-8-11/h3-7,9-11H,2,8H2,1H3. The van der Waals surface area contributed by atoms with Crippen LogP contribution in [0, 0.1) is 5.82 Å². The van der Waals surface area contributed by atoms with Crippen molar-refractivity contribution in [3.05, 3.63) is 64.5 Å². The highest BCUT2D eigenvalue weighted by molar-refractivity contribution is 5.78. The molecule has 1 unspecified atom stereocenters. The van der Waals surface area contributed by atoms with Crippen molar-refractivity contribution in [2.75, 3.05) is 0 Å². The maximum Gasteiger partial charge on any atom is 0.264 e. The van der Waals surface area contributed by atoms with Crippen LogP contribution in [0.2, 0.25) is 0 Å². The van der Waals surface area contributed by atoms with Gasteiger partial charge in [-0.05, 0) is 18.6 Å². The lowest BCUT2D eigenvalue weighted by atomic mass is 10.1. The summed E-state index contributed by atoms with van der Waals surface area (Å²) in [6.45, 7) is 1.95. The molecule has 0 spiro atoms. The van der Waals surface area contributed by atoms with Gasteiger partial charge in [0.05, 0.1) is 11.6 Å². The van der Waals surface area contributed by atoms with Gasteiger partial charge >= 0.3 is 0 Å². The molecule has 0 aliphatic heterocycles. The molecule has 1 aliphatic rings. The quantitative estimate of drug-likeness (QED) is 0.840. The largest absolute Gasteiger partial charge is 0.289 e. The summed E-state index contributed by atoms with van der Waals surface area (Å²) >= 11 is 0. The summed E-state index contributed by atoms with van der Waals surface area (Å²) in [5.74, 6) is 0.185. The van der Waals surface area contributed by atoms with Crippen LogP contribution in [-0.4, -0.2) is 9.55 Å². The second kappa shape index (κ2) is 5.04. The second-order valence-corrected chi connectivity index (χ2v) is 4.81. The van der Waals surface area contributed by atoms with Gasteiger partial charge in [-0.1, -0.05) is 37.3 Å². The molecule has 102 valence electrons. The molecule has 20 heavy (non-hydrogen) atoms. The molecule has 1 aromatic heterocycles. The van der Waals surface area contributed by atoms with Gasteiger partial charge in [0.25, 0.3) is 5.56 Å². The predicted molar refractivity (Wildman–Crippen MR) is 77.3 cm³/mol. The molecule has 0 saturated heterocycles. The van der Waals surface area contributed by atoms with E-state index < -0.39 is 5.82 Å². The summed E-state index contributed by atoms with van der Waals surface area (Å²) in [6.07, 6.45) is 9.17. The van der Waals surface area contributed by atoms with E-state index in [1.54, 1.807) is 16.7 Å². The van der Waals surface area contributed by atoms with Gasteiger partial charge in [-0.2, -0.15) is 0 Å². The monoisotopic (exact) mass is 270 g/mol. The van der Waals surface area contributed by atoms with Crippen molar-refractivity contribution in [2.45, 2.75) is 25.8 Å². The van der Waals surface area contributed by atoms with Crippen LogP contribution < -0.4 is 5.56 Å². The number of aryl methyl sites for hydroxylation is 1. The number of halogens is 1. The molecule has 0 radical (unpaired) electrons. The zero-order valence-corrected chi connectivity index (χ0v) is 11.2. The highest BCUT2D eigenvalue weighted by atomic mass is 19.1. The van der Waals surface area contributed by atoms with E-state index in [4.69, 9.17) is 0 Å². The van der Waals surface area contributed by atoms with Crippen molar-refractivity contribution < 1.29 is 4.39 Å². The smallest absolute Gasteiger partial charge is 0.264 e. The van der Waals surface area contributed by atoms with Crippen LogP contribution in [0.5, 0.6) is 0 Å². The summed E-state index contributed by atoms with van der Waals surface area (Å²) < 4.78 is 15.6. The Morgan fingerprint density at radius 3 is 2.95 bits per heavy atom. The summed E-state index contributed by atoms with van der Waals surface area (Å²) in [6, 6.07) is 4.48. The van der Waals surface area contributed by atoms with Gasteiger partial charge in [-0.15, -0.1) is 0 Å². The predicted octanol–water partition coefficient (Wildman–Crippen LogP) is 3.16. The fourth-order valence-electron chi connectivity index (χ4n) is 2.60. The van der Waals surface area contributed by atoms with E-state index in [2.05, 4.69) is 4.98 Å². The SMILES string of the molecule is CCc1nc2cccc(F)c2c(=O)n1C1C=CC=CC1. The van der Waals surface area contributed by atoms with Gasteiger partial charge in [-0.25, -0.2) is 9.37 Å². The van der Waals surface area contributed by atoms with Gasteiger partial charge in [0.1, 0.15) is 17.0 Å². The number of hydrogen-bond donors (Lipinski definition) is 0. The lowest BCUT2D eigenvalue weighted by Gasteiger charge is -2.20. The summed E-state index contributed by atoms with van der Waals surface area (Å²) in [5.41, 5.74) is 0.133. The number of hydrogen-bond acceptors (Lipinski definition) is 2. The molecule has 1 aliphatic carbocycles. The lowest BCUT2D eigenvalue weighted by molar-refractivity contribution is 0.547. The molecule has 0 fully saturated rings. The minimum Gasteiger partial charge on any atom is -0.289 e. The van der Waals surface area contributed by atoms with E-state index >= 15 is 0 Å². The van der Waals surface area contributed by atoms with Gasteiger partial charge in [0.15, 0.2) is 0 Å². The molecule has 1 heterocycles. The first-order valence-electron chi connectivity index (χ1n) is 6.75. The minimum atomic E-state index is -0.508. The first-order valence-corrected chi connectivity index (χ1v) is 6.75. The summed E-state index contributed by atoms with van der Waals surface area (Å²) in [7, 11) is 0. The summed E-state index contributed by atoms with van der Waals surface area (Å²) in [4.78, 5) is 17.1. The lowest BCUT2D eigenvalue weighted by Crippen LogP contribution is -2.29. The number of benzene rings is 1. The Bertz CT molecular complexity index is 774. The molecular weight excluding hydrogens is 255 g/mol. The van der Waals surface area contributed by atoms with E-state index in [1.165, 1.54) is 6.07 Å². The zero-order valence-electron chi connectivity index (χ0n) is 11.2. The average Bonchev–Trinajstić information content (AvgIpc) is 2.47. The molecule has 0 bridgehead atoms. The highest BCUT2D eigenvalue weighted by Gasteiger charge is 2.18. The van der Waals surface area contributed by atoms with Crippen LogP contribution in [0.3, 0.4) is 0 Å². The van der Waals surface area contributed by atoms with Crippen molar-refractivity contribution in [2.24, 2.45) is 0 Å². The topological polar surface area (TPSA) is 34.9 Å². The molecule has 0 N–H and O–H groups in total. The van der Waals surface area contributed by atoms with E-state index in [0.717, 1.165) is 6.42 Å². The Morgan fingerprint density at radius 1 is 1.40 bits per heavy atom. The van der Waals surface area contributed by atoms with Gasteiger partial charge in [0, 0.05) is 6.42 Å². The Balaban J connectivity index is 2.32. The van der Waals surface area contributed by atoms with Crippen molar-refractivity contribution in [1.82, 2.24) is 9.55 Å². The third-order valence-electron chi connectivity index (χ3n) is 3.56. The first kappa shape index (κ1) is 12.8. The van der Waals surface area contributed by atoms with Crippen molar-refractivity contribution in [1.29, 1.82) is 0 Å². The maximum atomic E-state index is 13.9. The third-order valence-corrected chi connectivity index (χ3v) is 3.56. The molecule has 1 aromatic carbocycles.